The third-order valence-electron chi connectivity index (χ3n) is 3.84. The first kappa shape index (κ1) is 17.0. The first-order valence-corrected chi connectivity index (χ1v) is 7.57. The summed E-state index contributed by atoms with van der Waals surface area (Å²) in [4.78, 5) is 25.9. The van der Waals surface area contributed by atoms with Gasteiger partial charge in [0.05, 0.1) is 6.61 Å². The van der Waals surface area contributed by atoms with Gasteiger partial charge >= 0.3 is 0 Å². The van der Waals surface area contributed by atoms with Gasteiger partial charge in [-0.05, 0) is 25.7 Å². The molecular weight excluding hydrogens is 256 g/mol. The minimum absolute atomic E-state index is 0.00157. The van der Waals surface area contributed by atoms with Crippen molar-refractivity contribution in [3.8, 4) is 0 Å². The third-order valence-corrected chi connectivity index (χ3v) is 3.84. The molecule has 0 saturated carbocycles. The van der Waals surface area contributed by atoms with Crippen molar-refractivity contribution in [3.63, 3.8) is 0 Å². The van der Waals surface area contributed by atoms with E-state index in [1.807, 2.05) is 6.92 Å². The summed E-state index contributed by atoms with van der Waals surface area (Å²) in [6, 6.07) is 0. The van der Waals surface area contributed by atoms with Crippen molar-refractivity contribution in [1.29, 1.82) is 0 Å². The Bertz CT molecular complexity index is 344. The number of nitrogens with one attached hydrogen (secondary N) is 1. The predicted molar refractivity (Wildman–Crippen MR) is 78.3 cm³/mol. The van der Waals surface area contributed by atoms with Crippen LogP contribution < -0.4 is 5.32 Å². The van der Waals surface area contributed by atoms with Crippen LogP contribution in [-0.4, -0.2) is 48.6 Å². The zero-order chi connectivity index (χ0) is 15.2. The Hall–Kier alpha value is -1.10. The lowest BCUT2D eigenvalue weighted by atomic mass is 9.97. The molecule has 0 aromatic carbocycles. The van der Waals surface area contributed by atoms with Gasteiger partial charge in [-0.2, -0.15) is 0 Å². The second kappa shape index (κ2) is 7.62. The summed E-state index contributed by atoms with van der Waals surface area (Å²) in [5, 5.41) is 2.83. The minimum Gasteiger partial charge on any atom is -0.380 e. The summed E-state index contributed by atoms with van der Waals surface area (Å²) in [7, 11) is 0. The molecule has 0 spiro atoms. The zero-order valence-electron chi connectivity index (χ0n) is 13.2. The third kappa shape index (κ3) is 4.78. The highest BCUT2D eigenvalue weighted by Gasteiger charge is 2.38. The van der Waals surface area contributed by atoms with Crippen molar-refractivity contribution in [2.45, 2.75) is 52.5 Å². The highest BCUT2D eigenvalue weighted by molar-refractivity contribution is 5.93. The quantitative estimate of drug-likeness (QED) is 0.722. The lowest BCUT2D eigenvalue weighted by Gasteiger charge is -2.31. The molecule has 1 heterocycles. The molecule has 1 rings (SSSR count). The number of carbonyl (C=O) groups excluding carboxylic acids is 2. The zero-order valence-corrected chi connectivity index (χ0v) is 13.2. The molecule has 1 unspecified atom stereocenters. The Morgan fingerprint density at radius 2 is 2.05 bits per heavy atom. The molecule has 5 heteroatoms. The maximum absolute atomic E-state index is 12.5. The smallest absolute Gasteiger partial charge is 0.248 e. The maximum atomic E-state index is 12.5. The van der Waals surface area contributed by atoms with E-state index in [1.165, 1.54) is 0 Å². The van der Waals surface area contributed by atoms with Crippen LogP contribution >= 0.6 is 0 Å². The first-order valence-electron chi connectivity index (χ1n) is 7.57. The number of hydrogen-bond donors (Lipinski definition) is 1. The molecule has 5 nitrogen and oxygen atoms in total. The second-order valence-electron chi connectivity index (χ2n) is 6.07. The van der Waals surface area contributed by atoms with Crippen molar-refractivity contribution < 1.29 is 14.3 Å². The van der Waals surface area contributed by atoms with E-state index in [-0.39, 0.29) is 11.8 Å². The van der Waals surface area contributed by atoms with Crippen molar-refractivity contribution in [3.05, 3.63) is 0 Å². The van der Waals surface area contributed by atoms with Crippen LogP contribution in [0.4, 0.5) is 0 Å². The normalized spacial score (nSPS) is 23.9. The van der Waals surface area contributed by atoms with E-state index in [4.69, 9.17) is 4.74 Å². The SMILES string of the molecule is CCC1(C)NC(=O)CCN(CCOCCC(C)C)C1=O. The number of hydrogen-bond acceptors (Lipinski definition) is 3. The highest BCUT2D eigenvalue weighted by Crippen LogP contribution is 2.17. The van der Waals surface area contributed by atoms with E-state index in [1.54, 1.807) is 11.8 Å². The van der Waals surface area contributed by atoms with Crippen molar-refractivity contribution >= 4 is 11.8 Å². The summed E-state index contributed by atoms with van der Waals surface area (Å²) >= 11 is 0. The second-order valence-corrected chi connectivity index (χ2v) is 6.07. The fourth-order valence-electron chi connectivity index (χ4n) is 2.16. The summed E-state index contributed by atoms with van der Waals surface area (Å²) < 4.78 is 5.57. The molecule has 0 radical (unpaired) electrons. The molecule has 20 heavy (non-hydrogen) atoms. The van der Waals surface area contributed by atoms with Gasteiger partial charge in [0, 0.05) is 26.1 Å². The van der Waals surface area contributed by atoms with E-state index in [2.05, 4.69) is 19.2 Å². The Morgan fingerprint density at radius 1 is 1.35 bits per heavy atom. The van der Waals surface area contributed by atoms with Gasteiger partial charge in [0.1, 0.15) is 5.54 Å². The average molecular weight is 284 g/mol. The topological polar surface area (TPSA) is 58.6 Å². The Kier molecular flexibility index (Phi) is 6.46. The minimum atomic E-state index is -0.772. The molecular formula is C15H28N2O3. The largest absolute Gasteiger partial charge is 0.380 e. The Balaban J connectivity index is 2.47. The van der Waals surface area contributed by atoms with Gasteiger partial charge < -0.3 is 15.0 Å². The fraction of sp³-hybridized carbons (Fsp3) is 0.867. The van der Waals surface area contributed by atoms with Gasteiger partial charge in [0.15, 0.2) is 0 Å². The lowest BCUT2D eigenvalue weighted by molar-refractivity contribution is -0.138. The van der Waals surface area contributed by atoms with Crippen LogP contribution in [0.25, 0.3) is 0 Å². The van der Waals surface area contributed by atoms with Gasteiger partial charge in [0.2, 0.25) is 11.8 Å². The van der Waals surface area contributed by atoms with Gasteiger partial charge in [-0.1, -0.05) is 20.8 Å². The first-order chi connectivity index (χ1) is 9.39. The number of amides is 2. The monoisotopic (exact) mass is 284 g/mol. The molecule has 116 valence electrons. The number of rotatable bonds is 7. The lowest BCUT2D eigenvalue weighted by Crippen LogP contribution is -2.55. The number of carbonyl (C=O) groups is 2. The summed E-state index contributed by atoms with van der Waals surface area (Å²) in [5.41, 5.74) is -0.772. The highest BCUT2D eigenvalue weighted by atomic mass is 16.5. The van der Waals surface area contributed by atoms with Crippen molar-refractivity contribution in [2.24, 2.45) is 5.92 Å². The van der Waals surface area contributed by atoms with Crippen LogP contribution in [0.2, 0.25) is 0 Å². The van der Waals surface area contributed by atoms with Crippen LogP contribution in [0.1, 0.15) is 47.0 Å². The summed E-state index contributed by atoms with van der Waals surface area (Å²) in [5.74, 6) is 0.573. The van der Waals surface area contributed by atoms with Crippen LogP contribution in [0.15, 0.2) is 0 Å². The summed E-state index contributed by atoms with van der Waals surface area (Å²) in [6.45, 7) is 10.3. The molecule has 2 amide bonds. The molecule has 0 aromatic heterocycles. The molecule has 1 aliphatic heterocycles. The van der Waals surface area contributed by atoms with E-state index >= 15 is 0 Å². The van der Waals surface area contributed by atoms with Gasteiger partial charge in [0.25, 0.3) is 0 Å². The molecule has 0 aliphatic carbocycles. The fourth-order valence-corrected chi connectivity index (χ4v) is 2.16. The van der Waals surface area contributed by atoms with Crippen LogP contribution in [0.5, 0.6) is 0 Å². The van der Waals surface area contributed by atoms with Gasteiger partial charge in [-0.25, -0.2) is 0 Å². The standard InChI is InChI=1S/C15H28N2O3/c1-5-15(4)14(19)17(8-6-13(18)16-15)9-11-20-10-7-12(2)3/h12H,5-11H2,1-4H3,(H,16,18). The van der Waals surface area contributed by atoms with Crippen LogP contribution in [-0.2, 0) is 14.3 Å². The van der Waals surface area contributed by atoms with Gasteiger partial charge in [-0.3, -0.25) is 9.59 Å². The molecule has 0 aromatic rings. The van der Waals surface area contributed by atoms with Gasteiger partial charge in [-0.15, -0.1) is 0 Å². The number of ether oxygens (including phenoxy) is 1. The van der Waals surface area contributed by atoms with E-state index in [0.717, 1.165) is 13.0 Å². The molecule has 1 aliphatic rings. The number of nitrogens with zero attached hydrogens (tertiary/aromatic N) is 1. The molecule has 0 bridgehead atoms. The maximum Gasteiger partial charge on any atom is 0.248 e. The van der Waals surface area contributed by atoms with E-state index in [0.29, 0.717) is 38.5 Å². The van der Waals surface area contributed by atoms with Crippen LogP contribution in [0.3, 0.4) is 0 Å². The molecule has 1 fully saturated rings. The summed E-state index contributed by atoms with van der Waals surface area (Å²) in [6.07, 6.45) is 2.00. The molecule has 1 atom stereocenters. The Morgan fingerprint density at radius 3 is 2.65 bits per heavy atom. The molecule has 1 N–H and O–H groups in total. The van der Waals surface area contributed by atoms with E-state index in [9.17, 15) is 9.59 Å². The average Bonchev–Trinajstić information content (AvgIpc) is 2.49. The molecule has 1 saturated heterocycles. The van der Waals surface area contributed by atoms with Crippen molar-refractivity contribution in [1.82, 2.24) is 10.2 Å². The predicted octanol–water partition coefficient (Wildman–Crippen LogP) is 1.57. The van der Waals surface area contributed by atoms with Crippen LogP contribution in [0, 0.1) is 5.92 Å². The van der Waals surface area contributed by atoms with Crippen molar-refractivity contribution in [2.75, 3.05) is 26.3 Å². The Labute approximate surface area is 122 Å². The van der Waals surface area contributed by atoms with E-state index < -0.39 is 5.54 Å².